The van der Waals surface area contributed by atoms with Crippen molar-refractivity contribution in [3.8, 4) is 5.75 Å². The van der Waals surface area contributed by atoms with Gasteiger partial charge in [-0.05, 0) is 57.5 Å². The number of halogens is 2. The fourth-order valence-corrected chi connectivity index (χ4v) is 5.81. The molecule has 2 aromatic carbocycles. The minimum Gasteiger partial charge on any atom is -0.494 e. The molecular weight excluding hydrogens is 563 g/mol. The van der Waals surface area contributed by atoms with Crippen LogP contribution in [0.4, 0.5) is 39.0 Å². The van der Waals surface area contributed by atoms with Crippen LogP contribution in [-0.4, -0.2) is 70.7 Å². The molecular formula is C29H34ClFN8O3. The van der Waals surface area contributed by atoms with E-state index in [-0.39, 0.29) is 28.4 Å². The van der Waals surface area contributed by atoms with Crippen LogP contribution >= 0.6 is 11.6 Å². The minimum absolute atomic E-state index is 0.120. The fourth-order valence-electron chi connectivity index (χ4n) is 5.64. The number of methoxy groups -OCH3 is 1. The Hall–Kier alpha value is -4.00. The largest absolute Gasteiger partial charge is 0.494 e. The Kier molecular flexibility index (Phi) is 8.22. The molecule has 11 nitrogen and oxygen atoms in total. The van der Waals surface area contributed by atoms with E-state index < -0.39 is 11.4 Å². The van der Waals surface area contributed by atoms with E-state index in [1.165, 1.54) is 38.4 Å². The molecule has 42 heavy (non-hydrogen) atoms. The fraction of sp³-hybridized carbons (Fsp3) is 0.379. The molecule has 2 fully saturated rings. The number of carbonyl (C=O) groups is 1. The van der Waals surface area contributed by atoms with Crippen LogP contribution in [0.2, 0.25) is 5.02 Å². The van der Waals surface area contributed by atoms with Crippen molar-refractivity contribution in [1.29, 1.82) is 0 Å². The number of ether oxygens (including phenoxy) is 1. The van der Waals surface area contributed by atoms with E-state index >= 15 is 0 Å². The Bertz CT molecular complexity index is 1510. The molecule has 13 heteroatoms. The summed E-state index contributed by atoms with van der Waals surface area (Å²) in [5.41, 5.74) is 1.22. The molecule has 0 unspecified atom stereocenters. The normalized spacial score (nSPS) is 18.5. The van der Waals surface area contributed by atoms with Crippen molar-refractivity contribution in [2.24, 2.45) is 5.92 Å². The first-order chi connectivity index (χ1) is 20.0. The van der Waals surface area contributed by atoms with Gasteiger partial charge >= 0.3 is 0 Å². The Morgan fingerprint density at radius 1 is 1.17 bits per heavy atom. The second-order valence-electron chi connectivity index (χ2n) is 11.0. The lowest BCUT2D eigenvalue weighted by Crippen LogP contribution is -2.35. The van der Waals surface area contributed by atoms with E-state index in [0.29, 0.717) is 34.8 Å². The third-order valence-corrected chi connectivity index (χ3v) is 7.87. The van der Waals surface area contributed by atoms with Crippen molar-refractivity contribution < 1.29 is 19.0 Å². The molecule has 2 atom stereocenters. The highest BCUT2D eigenvalue weighted by molar-refractivity contribution is 6.31. The maximum Gasteiger partial charge on any atom is 0.247 e. The van der Waals surface area contributed by atoms with E-state index in [2.05, 4.69) is 54.3 Å². The molecule has 2 aliphatic rings. The Morgan fingerprint density at radius 2 is 1.88 bits per heavy atom. The second-order valence-corrected chi connectivity index (χ2v) is 11.5. The van der Waals surface area contributed by atoms with Crippen LogP contribution in [-0.2, 0) is 10.4 Å². The monoisotopic (exact) mass is 596 g/mol. The molecule has 5 rings (SSSR count). The number of likely N-dealkylation sites (tertiary alicyclic amines) is 1. The van der Waals surface area contributed by atoms with Gasteiger partial charge in [-0.15, -0.1) is 0 Å². The van der Waals surface area contributed by atoms with E-state index in [1.54, 1.807) is 13.2 Å². The molecule has 0 saturated carbocycles. The molecule has 0 bridgehead atoms. The third kappa shape index (κ3) is 6.10. The standard InChI is InChI=1S/C29H34ClFN8O3/c1-6-26(40)34-21-11-22(25(42-5)12-23(21)39-8-7-16-13-38(4)14-24(16)39)36-28-33-15-32-27(37-28)35-20-10-18(30)19(31)9-17(20)29(2,3)41/h6,9-12,15-16,24,41H,1,7-8,13-14H2,2-5H3,(H,34,40)(H2,32,33,35,36,37)/t16-,24+/m1/s1. The van der Waals surface area contributed by atoms with Crippen molar-refractivity contribution in [3.63, 3.8) is 0 Å². The average Bonchev–Trinajstić information content (AvgIpc) is 3.49. The van der Waals surface area contributed by atoms with Gasteiger partial charge in [-0.25, -0.2) is 14.4 Å². The van der Waals surface area contributed by atoms with Gasteiger partial charge < -0.3 is 35.6 Å². The number of aromatic nitrogens is 3. The molecule has 0 spiro atoms. The van der Waals surface area contributed by atoms with Gasteiger partial charge in [0.05, 0.1) is 34.8 Å². The van der Waals surface area contributed by atoms with Crippen LogP contribution in [0.25, 0.3) is 0 Å². The number of nitrogens with zero attached hydrogens (tertiary/aromatic N) is 5. The summed E-state index contributed by atoms with van der Waals surface area (Å²) in [6, 6.07) is 6.55. The zero-order chi connectivity index (χ0) is 30.2. The van der Waals surface area contributed by atoms with Gasteiger partial charge in [0, 0.05) is 43.0 Å². The SMILES string of the molecule is C=CC(=O)Nc1cc(Nc2ncnc(Nc3cc(Cl)c(F)cc3C(C)(C)O)n2)c(OC)cc1N1CC[C@@H]2CN(C)C[C@@H]21. The molecule has 0 aliphatic carbocycles. The van der Waals surface area contributed by atoms with Crippen LogP contribution in [0.3, 0.4) is 0 Å². The summed E-state index contributed by atoms with van der Waals surface area (Å²) in [4.78, 5) is 29.9. The number of anilines is 6. The van der Waals surface area contributed by atoms with Crippen LogP contribution in [0, 0.1) is 11.7 Å². The maximum absolute atomic E-state index is 14.2. The number of rotatable bonds is 9. The van der Waals surface area contributed by atoms with Crippen LogP contribution in [0.5, 0.6) is 5.75 Å². The van der Waals surface area contributed by atoms with Gasteiger partial charge in [-0.3, -0.25) is 4.79 Å². The topological polar surface area (TPSA) is 128 Å². The van der Waals surface area contributed by atoms with Crippen LogP contribution in [0.15, 0.2) is 43.2 Å². The quantitative estimate of drug-likeness (QED) is 0.259. The molecule has 222 valence electrons. The van der Waals surface area contributed by atoms with Crippen molar-refractivity contribution in [3.05, 3.63) is 59.7 Å². The lowest BCUT2D eigenvalue weighted by Gasteiger charge is -2.29. The van der Waals surface area contributed by atoms with Gasteiger partial charge in [0.1, 0.15) is 17.9 Å². The van der Waals surface area contributed by atoms with Crippen molar-refractivity contribution in [2.75, 3.05) is 54.6 Å². The Labute approximate surface area is 248 Å². The molecule has 4 N–H and O–H groups in total. The molecule has 3 aromatic rings. The number of fused-ring (bicyclic) bond motifs is 1. The first-order valence-electron chi connectivity index (χ1n) is 13.5. The predicted octanol–water partition coefficient (Wildman–Crippen LogP) is 4.65. The van der Waals surface area contributed by atoms with Gasteiger partial charge in [0.15, 0.2) is 0 Å². The lowest BCUT2D eigenvalue weighted by atomic mass is 9.96. The second kappa shape index (κ2) is 11.7. The zero-order valence-corrected chi connectivity index (χ0v) is 24.7. The summed E-state index contributed by atoms with van der Waals surface area (Å²) in [6.45, 7) is 9.53. The predicted molar refractivity (Wildman–Crippen MR) is 162 cm³/mol. The molecule has 0 radical (unpaired) electrons. The van der Waals surface area contributed by atoms with E-state index in [4.69, 9.17) is 16.3 Å². The van der Waals surface area contributed by atoms with Gasteiger partial charge in [-0.1, -0.05) is 18.2 Å². The number of aliphatic hydroxyl groups is 1. The smallest absolute Gasteiger partial charge is 0.247 e. The number of carbonyl (C=O) groups excluding carboxylic acids is 1. The summed E-state index contributed by atoms with van der Waals surface area (Å²) in [6.07, 6.45) is 3.60. The van der Waals surface area contributed by atoms with Crippen molar-refractivity contribution in [2.45, 2.75) is 31.9 Å². The summed E-state index contributed by atoms with van der Waals surface area (Å²) in [7, 11) is 3.69. The van der Waals surface area contributed by atoms with Gasteiger partial charge in [0.2, 0.25) is 17.8 Å². The van der Waals surface area contributed by atoms with Gasteiger partial charge in [0.25, 0.3) is 0 Å². The lowest BCUT2D eigenvalue weighted by molar-refractivity contribution is -0.111. The van der Waals surface area contributed by atoms with Gasteiger partial charge in [-0.2, -0.15) is 4.98 Å². The Morgan fingerprint density at radius 3 is 2.55 bits per heavy atom. The number of benzene rings is 2. The summed E-state index contributed by atoms with van der Waals surface area (Å²) in [5, 5.41) is 19.5. The number of hydrogen-bond donors (Lipinski definition) is 4. The van der Waals surface area contributed by atoms with E-state index in [1.807, 2.05) is 6.07 Å². The van der Waals surface area contributed by atoms with Crippen molar-refractivity contribution >= 4 is 52.2 Å². The van der Waals surface area contributed by atoms with Crippen molar-refractivity contribution in [1.82, 2.24) is 19.9 Å². The highest BCUT2D eigenvalue weighted by atomic mass is 35.5. The summed E-state index contributed by atoms with van der Waals surface area (Å²) in [5.74, 6) is 0.406. The first kappa shape index (κ1) is 29.5. The average molecular weight is 597 g/mol. The summed E-state index contributed by atoms with van der Waals surface area (Å²) < 4.78 is 19.9. The minimum atomic E-state index is -1.37. The molecule has 1 aromatic heterocycles. The molecule has 1 amide bonds. The van der Waals surface area contributed by atoms with Crippen LogP contribution < -0.4 is 25.6 Å². The van der Waals surface area contributed by atoms with Crippen LogP contribution in [0.1, 0.15) is 25.8 Å². The number of nitrogens with one attached hydrogen (secondary N) is 3. The number of hydrogen-bond acceptors (Lipinski definition) is 10. The highest BCUT2D eigenvalue weighted by Gasteiger charge is 2.41. The Balaban J connectivity index is 1.47. The zero-order valence-electron chi connectivity index (χ0n) is 23.9. The first-order valence-corrected chi connectivity index (χ1v) is 13.9. The molecule has 2 aliphatic heterocycles. The number of likely N-dealkylation sites (N-methyl/N-ethyl adjacent to an activating group) is 1. The third-order valence-electron chi connectivity index (χ3n) is 7.59. The van der Waals surface area contributed by atoms with E-state index in [0.717, 1.165) is 31.7 Å². The highest BCUT2D eigenvalue weighted by Crippen LogP contribution is 2.43. The molecule has 3 heterocycles. The maximum atomic E-state index is 14.2. The molecule has 2 saturated heterocycles. The number of amides is 1. The summed E-state index contributed by atoms with van der Waals surface area (Å²) >= 11 is 6.01. The van der Waals surface area contributed by atoms with E-state index in [9.17, 15) is 14.3 Å².